The van der Waals surface area contributed by atoms with Crippen LogP contribution >= 0.6 is 0 Å². The third kappa shape index (κ3) is 2.47. The van der Waals surface area contributed by atoms with Crippen LogP contribution in [0.15, 0.2) is 0 Å². The van der Waals surface area contributed by atoms with Crippen molar-refractivity contribution >= 4 is 0 Å². The standard InChI is InChI=1S/C9H21NO5/c1-6(7(2)12)9(13,10-4)8(3,5-11)15-14/h6-7,10-14H,5H2,1-4H3. The molecule has 0 aliphatic carbocycles. The summed E-state index contributed by atoms with van der Waals surface area (Å²) in [5.41, 5.74) is -3.36. The van der Waals surface area contributed by atoms with Gasteiger partial charge >= 0.3 is 0 Å². The molecule has 0 fully saturated rings. The Morgan fingerprint density at radius 3 is 2.07 bits per heavy atom. The van der Waals surface area contributed by atoms with Crippen molar-refractivity contribution in [2.45, 2.75) is 38.2 Å². The van der Waals surface area contributed by atoms with Crippen LogP contribution in [0.1, 0.15) is 20.8 Å². The van der Waals surface area contributed by atoms with Crippen molar-refractivity contribution in [1.29, 1.82) is 0 Å². The van der Waals surface area contributed by atoms with Gasteiger partial charge in [0.1, 0.15) is 0 Å². The van der Waals surface area contributed by atoms with E-state index < -0.39 is 30.0 Å². The number of likely N-dealkylation sites (N-methyl/N-ethyl adjacent to an activating group) is 1. The minimum Gasteiger partial charge on any atom is -0.393 e. The predicted molar refractivity (Wildman–Crippen MR) is 54.1 cm³/mol. The second-order valence-electron chi connectivity index (χ2n) is 4.03. The molecule has 0 aromatic rings. The molecule has 4 atom stereocenters. The van der Waals surface area contributed by atoms with Crippen molar-refractivity contribution in [2.75, 3.05) is 13.7 Å². The summed E-state index contributed by atoms with van der Waals surface area (Å²) < 4.78 is 0. The average molecular weight is 223 g/mol. The summed E-state index contributed by atoms with van der Waals surface area (Å²) in [5.74, 6) is -0.646. The lowest BCUT2D eigenvalue weighted by atomic mass is 9.80. The van der Waals surface area contributed by atoms with Gasteiger partial charge in [-0.1, -0.05) is 6.92 Å². The molecule has 0 heterocycles. The average Bonchev–Trinajstić information content (AvgIpc) is 2.25. The molecule has 6 nitrogen and oxygen atoms in total. The number of nitrogens with one attached hydrogen (secondary N) is 1. The Kier molecular flexibility index (Phi) is 5.12. The maximum absolute atomic E-state index is 10.3. The third-order valence-electron chi connectivity index (χ3n) is 3.07. The first-order chi connectivity index (χ1) is 6.79. The molecular weight excluding hydrogens is 202 g/mol. The number of hydrogen-bond donors (Lipinski definition) is 5. The first kappa shape index (κ1) is 14.8. The van der Waals surface area contributed by atoms with Gasteiger partial charge in [0.25, 0.3) is 0 Å². The van der Waals surface area contributed by atoms with Crippen molar-refractivity contribution in [3.8, 4) is 0 Å². The molecule has 0 radical (unpaired) electrons. The zero-order chi connectivity index (χ0) is 12.3. The van der Waals surface area contributed by atoms with E-state index >= 15 is 0 Å². The Labute approximate surface area is 89.4 Å². The number of aliphatic hydroxyl groups excluding tert-OH is 2. The highest BCUT2D eigenvalue weighted by Crippen LogP contribution is 2.31. The molecule has 0 bridgehead atoms. The lowest BCUT2D eigenvalue weighted by Crippen LogP contribution is -2.68. The molecule has 92 valence electrons. The van der Waals surface area contributed by atoms with Crippen LogP contribution in [-0.4, -0.2) is 51.7 Å². The highest BCUT2D eigenvalue weighted by atomic mass is 17.1. The molecule has 0 amide bonds. The first-order valence-electron chi connectivity index (χ1n) is 4.81. The van der Waals surface area contributed by atoms with Crippen molar-refractivity contribution in [3.05, 3.63) is 0 Å². The predicted octanol–water partition coefficient (Wildman–Crippen LogP) is -0.848. The van der Waals surface area contributed by atoms with E-state index in [1.54, 1.807) is 6.92 Å². The van der Waals surface area contributed by atoms with Gasteiger partial charge in [-0.3, -0.25) is 10.6 Å². The van der Waals surface area contributed by atoms with Gasteiger partial charge in [-0.15, -0.1) is 0 Å². The summed E-state index contributed by atoms with van der Waals surface area (Å²) in [7, 11) is 1.45. The largest absolute Gasteiger partial charge is 0.393 e. The smallest absolute Gasteiger partial charge is 0.165 e. The molecule has 0 aromatic carbocycles. The Morgan fingerprint density at radius 2 is 1.87 bits per heavy atom. The van der Waals surface area contributed by atoms with E-state index in [0.717, 1.165) is 0 Å². The molecule has 5 N–H and O–H groups in total. The zero-order valence-corrected chi connectivity index (χ0v) is 9.56. The molecule has 6 heteroatoms. The van der Waals surface area contributed by atoms with Gasteiger partial charge < -0.3 is 15.3 Å². The molecule has 4 unspecified atom stereocenters. The molecule has 0 saturated carbocycles. The fraction of sp³-hybridized carbons (Fsp3) is 1.00. The van der Waals surface area contributed by atoms with Crippen LogP contribution in [0, 0.1) is 5.92 Å². The van der Waals surface area contributed by atoms with Gasteiger partial charge in [0, 0.05) is 5.92 Å². The first-order valence-corrected chi connectivity index (χ1v) is 4.81. The quantitative estimate of drug-likeness (QED) is 0.228. The van der Waals surface area contributed by atoms with Crippen LogP contribution in [0.2, 0.25) is 0 Å². The number of rotatable bonds is 6. The molecule has 0 spiro atoms. The molecule has 15 heavy (non-hydrogen) atoms. The molecule has 0 aromatic heterocycles. The van der Waals surface area contributed by atoms with Crippen molar-refractivity contribution < 1.29 is 25.5 Å². The van der Waals surface area contributed by atoms with E-state index in [-0.39, 0.29) is 0 Å². The maximum atomic E-state index is 10.3. The van der Waals surface area contributed by atoms with E-state index in [1.807, 2.05) is 0 Å². The van der Waals surface area contributed by atoms with Crippen LogP contribution in [0.5, 0.6) is 0 Å². The van der Waals surface area contributed by atoms with Crippen molar-refractivity contribution in [1.82, 2.24) is 5.32 Å². The monoisotopic (exact) mass is 223 g/mol. The Bertz CT molecular complexity index is 195. The van der Waals surface area contributed by atoms with E-state index in [2.05, 4.69) is 10.2 Å². The van der Waals surface area contributed by atoms with Gasteiger partial charge in [-0.05, 0) is 20.9 Å². The van der Waals surface area contributed by atoms with E-state index in [0.29, 0.717) is 0 Å². The lowest BCUT2D eigenvalue weighted by molar-refractivity contribution is -0.380. The second kappa shape index (κ2) is 5.20. The van der Waals surface area contributed by atoms with Gasteiger partial charge in [0.15, 0.2) is 11.3 Å². The van der Waals surface area contributed by atoms with Gasteiger partial charge in [0.2, 0.25) is 0 Å². The summed E-state index contributed by atoms with van der Waals surface area (Å²) in [4.78, 5) is 4.14. The molecule has 0 saturated heterocycles. The highest BCUT2D eigenvalue weighted by Gasteiger charge is 2.52. The molecule has 0 rings (SSSR count). The minimum absolute atomic E-state index is 0.599. The minimum atomic E-state index is -1.75. The van der Waals surface area contributed by atoms with Gasteiger partial charge in [-0.25, -0.2) is 4.89 Å². The van der Waals surface area contributed by atoms with E-state index in [4.69, 9.17) is 10.4 Å². The normalized spacial score (nSPS) is 24.0. The highest BCUT2D eigenvalue weighted by molar-refractivity contribution is 4.99. The van der Waals surface area contributed by atoms with Gasteiger partial charge in [0.05, 0.1) is 12.7 Å². The van der Waals surface area contributed by atoms with Crippen LogP contribution in [0.25, 0.3) is 0 Å². The molecular formula is C9H21NO5. The lowest BCUT2D eigenvalue weighted by Gasteiger charge is -2.45. The summed E-state index contributed by atoms with van der Waals surface area (Å²) in [5, 5.41) is 40.1. The van der Waals surface area contributed by atoms with Crippen LogP contribution < -0.4 is 5.32 Å². The Hall–Kier alpha value is -0.240. The fourth-order valence-corrected chi connectivity index (χ4v) is 1.54. The molecule has 0 aliphatic rings. The summed E-state index contributed by atoms with van der Waals surface area (Å²) in [6.45, 7) is 3.82. The SMILES string of the molecule is CNC(O)(C(C)C(C)O)C(C)(CO)OO. The van der Waals surface area contributed by atoms with E-state index in [9.17, 15) is 10.2 Å². The summed E-state index contributed by atoms with van der Waals surface area (Å²) in [6.07, 6.45) is -0.830. The Morgan fingerprint density at radius 1 is 1.40 bits per heavy atom. The van der Waals surface area contributed by atoms with Crippen molar-refractivity contribution in [3.63, 3.8) is 0 Å². The van der Waals surface area contributed by atoms with E-state index in [1.165, 1.54) is 20.9 Å². The third-order valence-corrected chi connectivity index (χ3v) is 3.07. The summed E-state index contributed by atoms with van der Waals surface area (Å²) in [6, 6.07) is 0. The van der Waals surface area contributed by atoms with Crippen LogP contribution in [0.4, 0.5) is 0 Å². The fourth-order valence-electron chi connectivity index (χ4n) is 1.54. The topological polar surface area (TPSA) is 102 Å². The number of hydrogen-bond acceptors (Lipinski definition) is 6. The Balaban J connectivity index is 5.14. The number of aliphatic hydroxyl groups is 3. The second-order valence-corrected chi connectivity index (χ2v) is 4.03. The zero-order valence-electron chi connectivity index (χ0n) is 9.56. The van der Waals surface area contributed by atoms with Gasteiger partial charge in [-0.2, -0.15) is 0 Å². The van der Waals surface area contributed by atoms with Crippen molar-refractivity contribution in [2.24, 2.45) is 5.92 Å². The summed E-state index contributed by atoms with van der Waals surface area (Å²) >= 11 is 0. The van der Waals surface area contributed by atoms with Crippen LogP contribution in [-0.2, 0) is 4.89 Å². The molecule has 0 aliphatic heterocycles. The van der Waals surface area contributed by atoms with Crippen LogP contribution in [0.3, 0.4) is 0 Å². The maximum Gasteiger partial charge on any atom is 0.165 e.